The first-order valence-electron chi connectivity index (χ1n) is 11.8. The number of carbonyl (C=O) groups excluding carboxylic acids is 2. The highest BCUT2D eigenvalue weighted by molar-refractivity contribution is 6.33. The van der Waals surface area contributed by atoms with Gasteiger partial charge in [-0.15, -0.1) is 0 Å². The summed E-state index contributed by atoms with van der Waals surface area (Å²) in [7, 11) is 0. The number of hydrogen-bond donors (Lipinski definition) is 3. The van der Waals surface area contributed by atoms with Gasteiger partial charge in [0.25, 0.3) is 0 Å². The number of piperazine rings is 1. The summed E-state index contributed by atoms with van der Waals surface area (Å²) >= 11 is 6.23. The van der Waals surface area contributed by atoms with E-state index in [-0.39, 0.29) is 12.1 Å². The second kappa shape index (κ2) is 11.6. The number of anilines is 4. The van der Waals surface area contributed by atoms with Crippen molar-refractivity contribution in [2.24, 2.45) is 0 Å². The molecule has 0 radical (unpaired) electrons. The molecule has 3 aromatic rings. The molecule has 1 fully saturated rings. The van der Waals surface area contributed by atoms with Gasteiger partial charge >= 0.3 is 12.1 Å². The Balaban J connectivity index is 1.28. The fourth-order valence-corrected chi connectivity index (χ4v) is 4.17. The predicted octanol–water partition coefficient (Wildman–Crippen LogP) is 5.44. The molecule has 2 heterocycles. The second-order valence-corrected chi connectivity index (χ2v) is 8.66. The van der Waals surface area contributed by atoms with Gasteiger partial charge in [0.05, 0.1) is 34.9 Å². The van der Waals surface area contributed by atoms with Crippen molar-refractivity contribution in [1.82, 2.24) is 9.88 Å². The molecule has 1 saturated heterocycles. The van der Waals surface area contributed by atoms with E-state index < -0.39 is 0 Å². The molecule has 0 atom stereocenters. The third-order valence-electron chi connectivity index (χ3n) is 5.79. The molecule has 2 aromatic carbocycles. The molecule has 1 aliphatic heterocycles. The van der Waals surface area contributed by atoms with Crippen LogP contribution in [0.1, 0.15) is 12.5 Å². The van der Waals surface area contributed by atoms with Crippen molar-refractivity contribution in [3.05, 3.63) is 71.4 Å². The van der Waals surface area contributed by atoms with E-state index in [9.17, 15) is 9.59 Å². The maximum absolute atomic E-state index is 12.7. The molecular formula is C26H29ClN6O3. The monoisotopic (exact) mass is 508 g/mol. The topological polar surface area (TPSA) is 98.8 Å². The molecule has 1 aliphatic rings. The lowest BCUT2D eigenvalue weighted by atomic mass is 10.2. The van der Waals surface area contributed by atoms with E-state index in [4.69, 9.17) is 16.3 Å². The minimum absolute atomic E-state index is 0.171. The zero-order chi connectivity index (χ0) is 25.5. The van der Waals surface area contributed by atoms with E-state index in [1.807, 2.05) is 44.2 Å². The Kier molecular flexibility index (Phi) is 8.12. The Bertz CT molecular complexity index is 1190. The number of halogens is 1. The number of ether oxygens (including phenoxy) is 1. The van der Waals surface area contributed by atoms with Crippen LogP contribution in [0.3, 0.4) is 0 Å². The molecule has 0 unspecified atom stereocenters. The van der Waals surface area contributed by atoms with Crippen molar-refractivity contribution in [2.75, 3.05) is 53.6 Å². The Morgan fingerprint density at radius 1 is 0.972 bits per heavy atom. The van der Waals surface area contributed by atoms with Gasteiger partial charge in [-0.05, 0) is 49.7 Å². The fourth-order valence-electron chi connectivity index (χ4n) is 3.90. The summed E-state index contributed by atoms with van der Waals surface area (Å²) in [5.41, 5.74) is 2.72. The van der Waals surface area contributed by atoms with E-state index in [0.717, 1.165) is 11.4 Å². The molecule has 0 spiro atoms. The number of urea groups is 2. The van der Waals surface area contributed by atoms with Crippen LogP contribution in [0.25, 0.3) is 0 Å². The first-order chi connectivity index (χ1) is 17.4. The van der Waals surface area contributed by atoms with Crippen LogP contribution in [-0.4, -0.2) is 54.7 Å². The molecule has 188 valence electrons. The normalized spacial score (nSPS) is 13.2. The number of hydrogen-bond acceptors (Lipinski definition) is 5. The van der Waals surface area contributed by atoms with Crippen LogP contribution >= 0.6 is 11.6 Å². The van der Waals surface area contributed by atoms with E-state index in [2.05, 4.69) is 25.8 Å². The maximum Gasteiger partial charge on any atom is 0.323 e. The Morgan fingerprint density at radius 2 is 1.75 bits per heavy atom. The highest BCUT2D eigenvalue weighted by Gasteiger charge is 2.23. The average molecular weight is 509 g/mol. The van der Waals surface area contributed by atoms with Crippen molar-refractivity contribution in [1.29, 1.82) is 0 Å². The van der Waals surface area contributed by atoms with Crippen LogP contribution in [0.2, 0.25) is 5.02 Å². The van der Waals surface area contributed by atoms with Crippen LogP contribution in [-0.2, 0) is 0 Å². The standard InChI is InChI=1S/C26H29ClN6O3/c1-3-36-22-10-5-4-9-21(22)30-25(34)29-19-11-12-23(28-17-19)32-13-15-33(16-14-32)26(35)31-24-18(2)7-6-8-20(24)27/h4-12,17H,3,13-16H2,1-2H3,(H,31,35)(H2,29,30,34). The molecular weight excluding hydrogens is 480 g/mol. The third-order valence-corrected chi connectivity index (χ3v) is 6.10. The lowest BCUT2D eigenvalue weighted by Gasteiger charge is -2.35. The lowest BCUT2D eigenvalue weighted by Crippen LogP contribution is -2.50. The summed E-state index contributed by atoms with van der Waals surface area (Å²) in [5.74, 6) is 1.39. The maximum atomic E-state index is 12.7. The first kappa shape index (κ1) is 25.1. The molecule has 1 aromatic heterocycles. The number of benzene rings is 2. The molecule has 0 saturated carbocycles. The van der Waals surface area contributed by atoms with Gasteiger partial charge < -0.3 is 30.5 Å². The number of carbonyl (C=O) groups is 2. The second-order valence-electron chi connectivity index (χ2n) is 8.25. The Morgan fingerprint density at radius 3 is 2.44 bits per heavy atom. The van der Waals surface area contributed by atoms with Crippen molar-refractivity contribution >= 4 is 46.5 Å². The summed E-state index contributed by atoms with van der Waals surface area (Å²) in [4.78, 5) is 33.5. The number of aryl methyl sites for hydroxylation is 1. The molecule has 0 bridgehead atoms. The SMILES string of the molecule is CCOc1ccccc1NC(=O)Nc1ccc(N2CCN(C(=O)Nc3c(C)cccc3Cl)CC2)nc1. The smallest absolute Gasteiger partial charge is 0.323 e. The van der Waals surface area contributed by atoms with Crippen LogP contribution in [0.4, 0.5) is 32.5 Å². The number of aromatic nitrogens is 1. The van der Waals surface area contributed by atoms with Gasteiger partial charge in [-0.25, -0.2) is 14.6 Å². The van der Waals surface area contributed by atoms with Gasteiger partial charge in [-0.1, -0.05) is 35.9 Å². The largest absolute Gasteiger partial charge is 0.492 e. The summed E-state index contributed by atoms with van der Waals surface area (Å²) in [6.45, 7) is 6.70. The predicted molar refractivity (Wildman–Crippen MR) is 143 cm³/mol. The van der Waals surface area contributed by atoms with Crippen molar-refractivity contribution in [2.45, 2.75) is 13.8 Å². The molecule has 4 rings (SSSR count). The van der Waals surface area contributed by atoms with Crippen molar-refractivity contribution in [3.63, 3.8) is 0 Å². The highest BCUT2D eigenvalue weighted by atomic mass is 35.5. The van der Waals surface area contributed by atoms with E-state index >= 15 is 0 Å². The van der Waals surface area contributed by atoms with E-state index in [1.165, 1.54) is 0 Å². The number of rotatable bonds is 6. The molecule has 3 N–H and O–H groups in total. The van der Waals surface area contributed by atoms with Crippen LogP contribution in [0, 0.1) is 6.92 Å². The summed E-state index contributed by atoms with van der Waals surface area (Å²) in [5, 5.41) is 9.03. The number of pyridine rings is 1. The van der Waals surface area contributed by atoms with Gasteiger partial charge in [0, 0.05) is 26.2 Å². The fraction of sp³-hybridized carbons (Fsp3) is 0.269. The van der Waals surface area contributed by atoms with Crippen molar-refractivity contribution in [3.8, 4) is 5.75 Å². The quantitative estimate of drug-likeness (QED) is 0.412. The molecule has 4 amide bonds. The summed E-state index contributed by atoms with van der Waals surface area (Å²) in [6.07, 6.45) is 1.61. The van der Waals surface area contributed by atoms with Crippen LogP contribution < -0.4 is 25.6 Å². The van der Waals surface area contributed by atoms with E-state index in [0.29, 0.717) is 60.6 Å². The number of nitrogens with one attached hydrogen (secondary N) is 3. The average Bonchev–Trinajstić information content (AvgIpc) is 2.88. The number of nitrogens with zero attached hydrogens (tertiary/aromatic N) is 3. The number of amides is 4. The third kappa shape index (κ3) is 6.17. The summed E-state index contributed by atoms with van der Waals surface area (Å²) < 4.78 is 5.54. The lowest BCUT2D eigenvalue weighted by molar-refractivity contribution is 0.208. The minimum Gasteiger partial charge on any atom is -0.492 e. The van der Waals surface area contributed by atoms with Gasteiger partial charge in [-0.3, -0.25) is 0 Å². The summed E-state index contributed by atoms with van der Waals surface area (Å²) in [6, 6.07) is 15.9. The van der Waals surface area contributed by atoms with Gasteiger partial charge in [0.2, 0.25) is 0 Å². The van der Waals surface area contributed by atoms with Crippen LogP contribution in [0.5, 0.6) is 5.75 Å². The zero-order valence-electron chi connectivity index (χ0n) is 20.3. The van der Waals surface area contributed by atoms with Crippen molar-refractivity contribution < 1.29 is 14.3 Å². The molecule has 9 nitrogen and oxygen atoms in total. The van der Waals surface area contributed by atoms with Gasteiger partial charge in [-0.2, -0.15) is 0 Å². The van der Waals surface area contributed by atoms with E-state index in [1.54, 1.807) is 35.4 Å². The molecule has 0 aliphatic carbocycles. The molecule has 36 heavy (non-hydrogen) atoms. The number of para-hydroxylation sites is 3. The highest BCUT2D eigenvalue weighted by Crippen LogP contribution is 2.26. The zero-order valence-corrected chi connectivity index (χ0v) is 21.0. The van der Waals surface area contributed by atoms with Gasteiger partial charge in [0.15, 0.2) is 0 Å². The van der Waals surface area contributed by atoms with Crippen LogP contribution in [0.15, 0.2) is 60.8 Å². The minimum atomic E-state index is -0.384. The Hall–Kier alpha value is -3.98. The Labute approximate surface area is 215 Å². The molecule has 10 heteroatoms. The van der Waals surface area contributed by atoms with Gasteiger partial charge in [0.1, 0.15) is 11.6 Å². The first-order valence-corrected chi connectivity index (χ1v) is 12.1.